The maximum absolute atomic E-state index is 10.9. The Labute approximate surface area is 79.5 Å². The molecular weight excluding hydrogens is 190 g/mol. The van der Waals surface area contributed by atoms with Gasteiger partial charge in [0.2, 0.25) is 0 Å². The Bertz CT molecular complexity index is 236. The van der Waals surface area contributed by atoms with Gasteiger partial charge >= 0.3 is 0 Å². The zero-order valence-corrected chi connectivity index (χ0v) is 8.65. The van der Waals surface area contributed by atoms with Crippen LogP contribution in [-0.2, 0) is 10.2 Å². The third-order valence-corrected chi connectivity index (χ3v) is 3.34. The first-order valence-corrected chi connectivity index (χ1v) is 6.01. The summed E-state index contributed by atoms with van der Waals surface area (Å²) in [6.45, 7) is 2.69. The molecule has 0 aliphatic carbocycles. The number of rotatable bonds is 6. The van der Waals surface area contributed by atoms with Gasteiger partial charge < -0.3 is 5.32 Å². The van der Waals surface area contributed by atoms with Crippen molar-refractivity contribution >= 4 is 10.2 Å². The van der Waals surface area contributed by atoms with Crippen LogP contribution in [0.15, 0.2) is 0 Å². The van der Waals surface area contributed by atoms with Crippen molar-refractivity contribution < 1.29 is 8.42 Å². The van der Waals surface area contributed by atoms with E-state index >= 15 is 0 Å². The van der Waals surface area contributed by atoms with Gasteiger partial charge in [0.25, 0.3) is 10.2 Å². The molecule has 0 bridgehead atoms. The Morgan fingerprint density at radius 3 is 2.62 bits per heavy atom. The maximum Gasteiger partial charge on any atom is 0.276 e. The highest BCUT2D eigenvalue weighted by Gasteiger charge is 2.15. The molecule has 5 nitrogen and oxygen atoms in total. The molecule has 0 aromatic rings. The molecule has 3 N–H and O–H groups in total. The van der Waals surface area contributed by atoms with Crippen LogP contribution in [-0.4, -0.2) is 35.1 Å². The molecule has 0 saturated carbocycles. The normalized spacial score (nSPS) is 18.5. The van der Waals surface area contributed by atoms with Crippen molar-refractivity contribution in [2.24, 2.45) is 5.92 Å². The molecule has 1 saturated heterocycles. The lowest BCUT2D eigenvalue weighted by atomic mass is 9.98. The second-order valence-electron chi connectivity index (χ2n) is 3.27. The third kappa shape index (κ3) is 4.04. The van der Waals surface area contributed by atoms with E-state index in [4.69, 9.17) is 0 Å². The molecule has 6 heteroatoms. The lowest BCUT2D eigenvalue weighted by Gasteiger charge is -2.26. The van der Waals surface area contributed by atoms with Gasteiger partial charge in [-0.2, -0.15) is 8.42 Å². The minimum absolute atomic E-state index is 0.527. The monoisotopic (exact) mass is 207 g/mol. The summed E-state index contributed by atoms with van der Waals surface area (Å²) in [7, 11) is -1.82. The predicted molar refractivity (Wildman–Crippen MR) is 51.6 cm³/mol. The molecule has 0 radical (unpaired) electrons. The average molecular weight is 207 g/mol. The van der Waals surface area contributed by atoms with Gasteiger partial charge in [-0.05, 0) is 31.8 Å². The summed E-state index contributed by atoms with van der Waals surface area (Å²) in [6.07, 6.45) is 2.01. The maximum atomic E-state index is 10.9. The first-order valence-electron chi connectivity index (χ1n) is 4.53. The second-order valence-corrected chi connectivity index (χ2v) is 4.97. The predicted octanol–water partition coefficient (Wildman–Crippen LogP) is -0.960. The molecule has 13 heavy (non-hydrogen) atoms. The van der Waals surface area contributed by atoms with Crippen LogP contribution in [0.3, 0.4) is 0 Å². The van der Waals surface area contributed by atoms with Crippen LogP contribution in [0.5, 0.6) is 0 Å². The molecule has 1 fully saturated rings. The minimum atomic E-state index is -3.22. The highest BCUT2D eigenvalue weighted by Crippen LogP contribution is 2.09. The topological polar surface area (TPSA) is 70.2 Å². The Kier molecular flexibility index (Phi) is 4.11. The Morgan fingerprint density at radius 1 is 1.46 bits per heavy atom. The number of hydrogen-bond donors (Lipinski definition) is 3. The SMILES string of the molecule is CNS(=O)(=O)NCCCC1CNC1. The van der Waals surface area contributed by atoms with E-state index in [1.165, 1.54) is 7.05 Å². The Morgan fingerprint density at radius 2 is 2.15 bits per heavy atom. The van der Waals surface area contributed by atoms with Crippen LogP contribution >= 0.6 is 0 Å². The first kappa shape index (κ1) is 10.9. The smallest absolute Gasteiger partial charge is 0.276 e. The molecule has 1 aliphatic heterocycles. The molecule has 1 aliphatic rings. The van der Waals surface area contributed by atoms with Gasteiger partial charge in [0, 0.05) is 13.6 Å². The van der Waals surface area contributed by atoms with E-state index in [1.807, 2.05) is 0 Å². The number of hydrogen-bond acceptors (Lipinski definition) is 3. The first-order chi connectivity index (χ1) is 6.14. The lowest BCUT2D eigenvalue weighted by Crippen LogP contribution is -2.42. The van der Waals surface area contributed by atoms with Gasteiger partial charge in [-0.3, -0.25) is 0 Å². The van der Waals surface area contributed by atoms with E-state index in [0.717, 1.165) is 31.8 Å². The van der Waals surface area contributed by atoms with Crippen LogP contribution in [0.25, 0.3) is 0 Å². The zero-order chi connectivity index (χ0) is 9.73. The summed E-state index contributed by atoms with van der Waals surface area (Å²) in [5, 5.41) is 3.18. The van der Waals surface area contributed by atoms with E-state index < -0.39 is 10.2 Å². The minimum Gasteiger partial charge on any atom is -0.316 e. The molecule has 0 amide bonds. The van der Waals surface area contributed by atoms with Gasteiger partial charge in [0.05, 0.1) is 0 Å². The zero-order valence-electron chi connectivity index (χ0n) is 7.84. The summed E-state index contributed by atoms with van der Waals surface area (Å²) >= 11 is 0. The van der Waals surface area contributed by atoms with Crippen LogP contribution in [0, 0.1) is 5.92 Å². The highest BCUT2D eigenvalue weighted by atomic mass is 32.2. The lowest BCUT2D eigenvalue weighted by molar-refractivity contribution is 0.321. The average Bonchev–Trinajstić information content (AvgIpc) is 2.01. The molecule has 0 atom stereocenters. The molecule has 78 valence electrons. The summed E-state index contributed by atoms with van der Waals surface area (Å²) in [5.41, 5.74) is 0. The van der Waals surface area contributed by atoms with E-state index in [2.05, 4.69) is 14.8 Å². The van der Waals surface area contributed by atoms with Crippen molar-refractivity contribution in [3.63, 3.8) is 0 Å². The van der Waals surface area contributed by atoms with Gasteiger partial charge in [-0.1, -0.05) is 0 Å². The molecule has 1 heterocycles. The largest absolute Gasteiger partial charge is 0.316 e. The number of nitrogens with one attached hydrogen (secondary N) is 3. The fourth-order valence-electron chi connectivity index (χ4n) is 1.22. The molecular formula is C7H17N3O2S. The van der Waals surface area contributed by atoms with Gasteiger partial charge in [-0.25, -0.2) is 9.44 Å². The summed E-state index contributed by atoms with van der Waals surface area (Å²) in [4.78, 5) is 0. The van der Waals surface area contributed by atoms with Gasteiger partial charge in [0.15, 0.2) is 0 Å². The van der Waals surface area contributed by atoms with Crippen molar-refractivity contribution in [1.29, 1.82) is 0 Å². The molecule has 1 rings (SSSR count). The molecule has 0 spiro atoms. The van der Waals surface area contributed by atoms with E-state index in [-0.39, 0.29) is 0 Å². The van der Waals surface area contributed by atoms with Crippen molar-refractivity contribution in [3.05, 3.63) is 0 Å². The molecule has 0 aromatic carbocycles. The third-order valence-electron chi connectivity index (χ3n) is 2.22. The summed E-state index contributed by atoms with van der Waals surface area (Å²) in [5.74, 6) is 0.749. The van der Waals surface area contributed by atoms with Gasteiger partial charge in [0.1, 0.15) is 0 Å². The van der Waals surface area contributed by atoms with E-state index in [9.17, 15) is 8.42 Å². The fourth-order valence-corrected chi connectivity index (χ4v) is 1.78. The fraction of sp³-hybridized carbons (Fsp3) is 1.00. The second kappa shape index (κ2) is 4.90. The van der Waals surface area contributed by atoms with E-state index in [1.54, 1.807) is 0 Å². The Hall–Kier alpha value is -0.170. The summed E-state index contributed by atoms with van der Waals surface area (Å²) < 4.78 is 26.4. The van der Waals surface area contributed by atoms with Crippen LogP contribution in [0.2, 0.25) is 0 Å². The van der Waals surface area contributed by atoms with Crippen molar-refractivity contribution in [2.75, 3.05) is 26.7 Å². The van der Waals surface area contributed by atoms with Gasteiger partial charge in [-0.15, -0.1) is 0 Å². The van der Waals surface area contributed by atoms with Crippen LogP contribution < -0.4 is 14.8 Å². The van der Waals surface area contributed by atoms with Crippen molar-refractivity contribution in [2.45, 2.75) is 12.8 Å². The summed E-state index contributed by atoms with van der Waals surface area (Å²) in [6, 6.07) is 0. The Balaban J connectivity index is 2.00. The molecule has 0 aromatic heterocycles. The molecule has 0 unspecified atom stereocenters. The van der Waals surface area contributed by atoms with Crippen LogP contribution in [0.1, 0.15) is 12.8 Å². The van der Waals surface area contributed by atoms with Crippen molar-refractivity contribution in [1.82, 2.24) is 14.8 Å². The highest BCUT2D eigenvalue weighted by molar-refractivity contribution is 7.87. The van der Waals surface area contributed by atoms with E-state index in [0.29, 0.717) is 6.54 Å². The quantitative estimate of drug-likeness (QED) is 0.491. The van der Waals surface area contributed by atoms with Crippen LogP contribution in [0.4, 0.5) is 0 Å². The standard InChI is InChI=1S/C7H17N3O2S/c1-8-13(11,12)10-4-2-3-7-5-9-6-7/h7-10H,2-6H2,1H3. The van der Waals surface area contributed by atoms with Crippen molar-refractivity contribution in [3.8, 4) is 0 Å².